The minimum atomic E-state index is -0.616. The summed E-state index contributed by atoms with van der Waals surface area (Å²) in [6, 6.07) is 9.44. The number of aromatic nitrogens is 2. The largest absolute Gasteiger partial charge is 0.383 e. The summed E-state index contributed by atoms with van der Waals surface area (Å²) in [7, 11) is 0. The van der Waals surface area contributed by atoms with Crippen molar-refractivity contribution < 1.29 is 4.79 Å². The number of rotatable bonds is 8. The fourth-order valence-corrected chi connectivity index (χ4v) is 4.71. The Morgan fingerprint density at radius 3 is 2.67 bits per heavy atom. The predicted octanol–water partition coefficient (Wildman–Crippen LogP) is 3.75. The maximum Gasteiger partial charge on any atom is 0.330 e. The normalized spacial score (nSPS) is 17.7. The number of carbonyl (C=O) groups excluding carboxylic acids is 1. The van der Waals surface area contributed by atoms with Gasteiger partial charge in [-0.1, -0.05) is 54.1 Å². The van der Waals surface area contributed by atoms with E-state index < -0.39 is 11.2 Å². The predicted molar refractivity (Wildman–Crippen MR) is 131 cm³/mol. The highest BCUT2D eigenvalue weighted by Gasteiger charge is 2.26. The number of amides is 1. The molecule has 0 radical (unpaired) electrons. The summed E-state index contributed by atoms with van der Waals surface area (Å²) in [6.07, 6.45) is 13.8. The van der Waals surface area contributed by atoms with Crippen molar-refractivity contribution in [3.63, 3.8) is 0 Å². The number of aromatic amines is 1. The Morgan fingerprint density at radius 2 is 1.97 bits per heavy atom. The van der Waals surface area contributed by atoms with Crippen molar-refractivity contribution in [3.05, 3.63) is 80.5 Å². The van der Waals surface area contributed by atoms with Gasteiger partial charge in [-0.25, -0.2) is 4.79 Å². The molecule has 0 fully saturated rings. The molecule has 1 aromatic carbocycles. The first-order valence-corrected chi connectivity index (χ1v) is 11.8. The first kappa shape index (κ1) is 22.8. The molecule has 174 valence electrons. The third-order valence-electron chi connectivity index (χ3n) is 6.56. The molecule has 0 aliphatic heterocycles. The van der Waals surface area contributed by atoms with Crippen molar-refractivity contribution in [3.8, 4) is 0 Å². The molecule has 1 amide bonds. The number of benzene rings is 1. The average Bonchev–Trinajstić information content (AvgIpc) is 3.33. The van der Waals surface area contributed by atoms with Crippen LogP contribution in [0.2, 0.25) is 0 Å². The molecule has 4 rings (SSSR count). The molecule has 1 atom stereocenters. The van der Waals surface area contributed by atoms with Crippen LogP contribution in [0.25, 0.3) is 0 Å². The van der Waals surface area contributed by atoms with Crippen molar-refractivity contribution in [1.82, 2.24) is 9.55 Å². The van der Waals surface area contributed by atoms with Gasteiger partial charge in [0, 0.05) is 13.0 Å². The van der Waals surface area contributed by atoms with Gasteiger partial charge in [0.1, 0.15) is 5.82 Å². The van der Waals surface area contributed by atoms with Gasteiger partial charge in [-0.2, -0.15) is 0 Å². The zero-order valence-electron chi connectivity index (χ0n) is 19.0. The quantitative estimate of drug-likeness (QED) is 0.601. The third kappa shape index (κ3) is 5.53. The maximum atomic E-state index is 13.4. The number of nitrogens with two attached hydrogens (primary N) is 1. The van der Waals surface area contributed by atoms with Crippen LogP contribution in [0.5, 0.6) is 0 Å². The standard InChI is InChI=1S/C26H32N4O3/c27-24-23(25(32)28-26(33)30(24)18-21-13-5-2-6-14-21)29(16-15-19-9-3-1-4-10-19)22(31)17-20-11-7-8-12-20/h2,5-7,9,11,13-14,20H,1,3-4,8,10,12,15-18,27H2,(H,28,32,33)/t20-/m0/s1. The van der Waals surface area contributed by atoms with E-state index in [1.165, 1.54) is 21.5 Å². The van der Waals surface area contributed by atoms with Crippen LogP contribution >= 0.6 is 0 Å². The summed E-state index contributed by atoms with van der Waals surface area (Å²) in [5, 5.41) is 0. The molecule has 3 N–H and O–H groups in total. The monoisotopic (exact) mass is 448 g/mol. The third-order valence-corrected chi connectivity index (χ3v) is 6.56. The minimum Gasteiger partial charge on any atom is -0.383 e. The highest BCUT2D eigenvalue weighted by molar-refractivity contribution is 5.95. The first-order chi connectivity index (χ1) is 16.0. The smallest absolute Gasteiger partial charge is 0.330 e. The van der Waals surface area contributed by atoms with E-state index in [0.29, 0.717) is 19.4 Å². The van der Waals surface area contributed by atoms with E-state index in [2.05, 4.69) is 23.2 Å². The molecule has 7 heteroatoms. The Bertz CT molecular complexity index is 1160. The van der Waals surface area contributed by atoms with Gasteiger partial charge in [-0.05, 0) is 56.4 Å². The summed E-state index contributed by atoms with van der Waals surface area (Å²) < 4.78 is 1.34. The molecule has 2 aliphatic carbocycles. The fourth-order valence-electron chi connectivity index (χ4n) is 4.71. The first-order valence-electron chi connectivity index (χ1n) is 11.8. The SMILES string of the molecule is Nc1c(N(CCC2=CCCCC2)C(=O)C[C@H]2C=CCC2)c(=O)[nH]c(=O)n1Cc1ccccc1. The van der Waals surface area contributed by atoms with Gasteiger partial charge in [0.25, 0.3) is 5.56 Å². The summed E-state index contributed by atoms with van der Waals surface area (Å²) in [6.45, 7) is 0.589. The van der Waals surface area contributed by atoms with Crippen molar-refractivity contribution in [2.45, 2.75) is 57.9 Å². The van der Waals surface area contributed by atoms with Crippen LogP contribution in [0.1, 0.15) is 56.9 Å². The van der Waals surface area contributed by atoms with Gasteiger partial charge in [-0.3, -0.25) is 19.1 Å². The van der Waals surface area contributed by atoms with E-state index in [4.69, 9.17) is 5.73 Å². The molecule has 0 saturated heterocycles. The summed E-state index contributed by atoms with van der Waals surface area (Å²) in [4.78, 5) is 42.8. The van der Waals surface area contributed by atoms with E-state index in [1.54, 1.807) is 0 Å². The zero-order valence-corrected chi connectivity index (χ0v) is 19.0. The molecule has 0 spiro atoms. The molecular weight excluding hydrogens is 416 g/mol. The lowest BCUT2D eigenvalue weighted by Crippen LogP contribution is -2.42. The molecule has 1 aromatic heterocycles. The van der Waals surface area contributed by atoms with Crippen molar-refractivity contribution in [1.29, 1.82) is 0 Å². The molecule has 0 saturated carbocycles. The van der Waals surface area contributed by atoms with Crippen LogP contribution in [0.3, 0.4) is 0 Å². The van der Waals surface area contributed by atoms with Crippen LogP contribution in [-0.2, 0) is 11.3 Å². The van der Waals surface area contributed by atoms with E-state index in [0.717, 1.165) is 37.7 Å². The number of H-pyrrole nitrogens is 1. The van der Waals surface area contributed by atoms with E-state index >= 15 is 0 Å². The van der Waals surface area contributed by atoms with Gasteiger partial charge >= 0.3 is 5.69 Å². The summed E-state index contributed by atoms with van der Waals surface area (Å²) in [5.74, 6) is 0.0648. The fraction of sp³-hybridized carbons (Fsp3) is 0.423. The number of nitrogens with one attached hydrogen (secondary N) is 1. The molecule has 2 aliphatic rings. The van der Waals surface area contributed by atoms with Crippen molar-refractivity contribution in [2.75, 3.05) is 17.2 Å². The highest BCUT2D eigenvalue weighted by Crippen LogP contribution is 2.26. The van der Waals surface area contributed by atoms with E-state index in [-0.39, 0.29) is 29.9 Å². The van der Waals surface area contributed by atoms with Crippen LogP contribution < -0.4 is 21.9 Å². The molecular formula is C26H32N4O3. The Labute approximate surface area is 193 Å². The van der Waals surface area contributed by atoms with Gasteiger partial charge in [0.2, 0.25) is 5.91 Å². The Balaban J connectivity index is 1.68. The second kappa shape index (κ2) is 10.5. The van der Waals surface area contributed by atoms with Crippen molar-refractivity contribution >= 4 is 17.4 Å². The van der Waals surface area contributed by atoms with Gasteiger partial charge in [-0.15, -0.1) is 0 Å². The second-order valence-electron chi connectivity index (χ2n) is 8.94. The van der Waals surface area contributed by atoms with Gasteiger partial charge in [0.15, 0.2) is 5.69 Å². The lowest BCUT2D eigenvalue weighted by Gasteiger charge is -2.26. The lowest BCUT2D eigenvalue weighted by atomic mass is 9.97. The molecule has 33 heavy (non-hydrogen) atoms. The highest BCUT2D eigenvalue weighted by atomic mass is 16.2. The number of nitrogens with zero attached hydrogens (tertiary/aromatic N) is 2. The van der Waals surface area contributed by atoms with Crippen LogP contribution in [0.4, 0.5) is 11.5 Å². The Kier molecular flexibility index (Phi) is 7.27. The van der Waals surface area contributed by atoms with Crippen LogP contribution in [-0.4, -0.2) is 22.0 Å². The average molecular weight is 449 g/mol. The number of nitrogen functional groups attached to an aromatic ring is 1. The molecule has 2 aromatic rings. The van der Waals surface area contributed by atoms with Crippen LogP contribution in [0.15, 0.2) is 63.7 Å². The number of anilines is 2. The molecule has 7 nitrogen and oxygen atoms in total. The van der Waals surface area contributed by atoms with Gasteiger partial charge in [0.05, 0.1) is 6.54 Å². The number of hydrogen-bond donors (Lipinski definition) is 2. The van der Waals surface area contributed by atoms with E-state index in [9.17, 15) is 14.4 Å². The topological polar surface area (TPSA) is 101 Å². The number of hydrogen-bond acceptors (Lipinski definition) is 4. The Hall–Kier alpha value is -3.35. The zero-order chi connectivity index (χ0) is 23.2. The summed E-state index contributed by atoms with van der Waals surface area (Å²) >= 11 is 0. The number of carbonyl (C=O) groups is 1. The number of allylic oxidation sites excluding steroid dienone is 3. The van der Waals surface area contributed by atoms with E-state index in [1.807, 2.05) is 30.3 Å². The van der Waals surface area contributed by atoms with Gasteiger partial charge < -0.3 is 10.6 Å². The molecule has 0 bridgehead atoms. The molecule has 0 unspecified atom stereocenters. The lowest BCUT2D eigenvalue weighted by molar-refractivity contribution is -0.119. The minimum absolute atomic E-state index is 0.0283. The second-order valence-corrected chi connectivity index (χ2v) is 8.94. The van der Waals surface area contributed by atoms with Crippen LogP contribution in [0, 0.1) is 5.92 Å². The Morgan fingerprint density at radius 1 is 1.15 bits per heavy atom. The maximum absolute atomic E-state index is 13.4. The summed E-state index contributed by atoms with van der Waals surface area (Å²) in [5.41, 5.74) is 7.49. The van der Waals surface area contributed by atoms with Crippen molar-refractivity contribution in [2.24, 2.45) is 5.92 Å². The molecule has 1 heterocycles.